The van der Waals surface area contributed by atoms with E-state index in [1.54, 1.807) is 17.8 Å². The SMILES string of the molecule is Cn1ccc(=O)c(O)c1.OCC(O)CO. The van der Waals surface area contributed by atoms with E-state index in [4.69, 9.17) is 20.4 Å². The molecule has 86 valence electrons. The second-order valence-corrected chi connectivity index (χ2v) is 2.88. The summed E-state index contributed by atoms with van der Waals surface area (Å²) in [6.45, 7) is -0.729. The minimum atomic E-state index is -0.954. The number of aromatic hydroxyl groups is 1. The van der Waals surface area contributed by atoms with Gasteiger partial charge in [-0.05, 0) is 0 Å². The molecule has 1 aromatic heterocycles. The molecule has 0 amide bonds. The molecule has 1 aromatic rings. The number of hydrogen-bond acceptors (Lipinski definition) is 5. The molecular weight excluding hydrogens is 202 g/mol. The van der Waals surface area contributed by atoms with Crippen LogP contribution in [0.5, 0.6) is 5.75 Å². The first-order chi connectivity index (χ1) is 7.01. The quantitative estimate of drug-likeness (QED) is 0.479. The minimum Gasteiger partial charge on any atom is -0.503 e. The van der Waals surface area contributed by atoms with Gasteiger partial charge in [-0.15, -0.1) is 0 Å². The monoisotopic (exact) mass is 217 g/mol. The predicted molar refractivity (Wildman–Crippen MR) is 53.5 cm³/mol. The highest BCUT2D eigenvalue weighted by Crippen LogP contribution is 1.94. The average molecular weight is 217 g/mol. The van der Waals surface area contributed by atoms with Gasteiger partial charge < -0.3 is 25.0 Å². The van der Waals surface area contributed by atoms with E-state index in [1.165, 1.54) is 12.3 Å². The van der Waals surface area contributed by atoms with Crippen LogP contribution in [-0.2, 0) is 7.05 Å². The van der Waals surface area contributed by atoms with Gasteiger partial charge in [-0.2, -0.15) is 0 Å². The van der Waals surface area contributed by atoms with Crippen molar-refractivity contribution in [1.29, 1.82) is 0 Å². The second-order valence-electron chi connectivity index (χ2n) is 2.88. The maximum Gasteiger partial charge on any atom is 0.223 e. The fraction of sp³-hybridized carbons (Fsp3) is 0.444. The van der Waals surface area contributed by atoms with Crippen LogP contribution in [0.1, 0.15) is 0 Å². The third kappa shape index (κ3) is 5.84. The van der Waals surface area contributed by atoms with Gasteiger partial charge in [0.25, 0.3) is 0 Å². The Bertz CT molecular complexity index is 332. The van der Waals surface area contributed by atoms with Crippen LogP contribution in [0.25, 0.3) is 0 Å². The molecule has 0 unspecified atom stereocenters. The van der Waals surface area contributed by atoms with Crippen LogP contribution in [0.4, 0.5) is 0 Å². The van der Waals surface area contributed by atoms with E-state index in [9.17, 15) is 4.79 Å². The van der Waals surface area contributed by atoms with Gasteiger partial charge in [0.1, 0.15) is 6.10 Å². The molecule has 15 heavy (non-hydrogen) atoms. The molecular formula is C9H15NO5. The van der Waals surface area contributed by atoms with Gasteiger partial charge in [0.2, 0.25) is 5.43 Å². The summed E-state index contributed by atoms with van der Waals surface area (Å²) >= 11 is 0. The van der Waals surface area contributed by atoms with Gasteiger partial charge in [-0.3, -0.25) is 4.79 Å². The molecule has 0 bridgehead atoms. The number of pyridine rings is 1. The topological polar surface area (TPSA) is 103 Å². The minimum absolute atomic E-state index is 0.208. The Morgan fingerprint density at radius 3 is 2.20 bits per heavy atom. The van der Waals surface area contributed by atoms with Crippen molar-refractivity contribution in [3.8, 4) is 5.75 Å². The van der Waals surface area contributed by atoms with E-state index in [0.29, 0.717) is 0 Å². The number of rotatable bonds is 2. The molecule has 0 aromatic carbocycles. The van der Waals surface area contributed by atoms with E-state index in [-0.39, 0.29) is 24.4 Å². The lowest BCUT2D eigenvalue weighted by Gasteiger charge is -1.96. The van der Waals surface area contributed by atoms with Crippen molar-refractivity contribution < 1.29 is 20.4 Å². The van der Waals surface area contributed by atoms with E-state index in [1.807, 2.05) is 0 Å². The van der Waals surface area contributed by atoms with Crippen molar-refractivity contribution in [2.45, 2.75) is 6.10 Å². The summed E-state index contributed by atoms with van der Waals surface area (Å²) in [4.78, 5) is 10.5. The second kappa shape index (κ2) is 6.99. The Hall–Kier alpha value is -1.37. The van der Waals surface area contributed by atoms with Gasteiger partial charge in [0, 0.05) is 25.5 Å². The lowest BCUT2D eigenvalue weighted by atomic mass is 10.4. The molecule has 0 aliphatic carbocycles. The molecule has 1 heterocycles. The van der Waals surface area contributed by atoms with E-state index in [0.717, 1.165) is 0 Å². The first-order valence-corrected chi connectivity index (χ1v) is 4.26. The number of nitrogens with zero attached hydrogens (tertiary/aromatic N) is 1. The highest BCUT2D eigenvalue weighted by atomic mass is 16.3. The van der Waals surface area contributed by atoms with Crippen LogP contribution < -0.4 is 5.43 Å². The lowest BCUT2D eigenvalue weighted by molar-refractivity contribution is 0.0450. The molecule has 6 nitrogen and oxygen atoms in total. The van der Waals surface area contributed by atoms with E-state index < -0.39 is 6.10 Å². The molecule has 0 spiro atoms. The predicted octanol–water partition coefficient (Wildman–Crippen LogP) is -1.58. The van der Waals surface area contributed by atoms with Crippen LogP contribution in [0.15, 0.2) is 23.3 Å². The number of aryl methyl sites for hydroxylation is 1. The van der Waals surface area contributed by atoms with Crippen molar-refractivity contribution in [1.82, 2.24) is 4.57 Å². The summed E-state index contributed by atoms with van der Waals surface area (Å²) in [7, 11) is 1.74. The third-order valence-electron chi connectivity index (χ3n) is 1.46. The van der Waals surface area contributed by atoms with Crippen LogP contribution in [0.2, 0.25) is 0 Å². The van der Waals surface area contributed by atoms with Crippen LogP contribution in [0.3, 0.4) is 0 Å². The highest BCUT2D eigenvalue weighted by Gasteiger charge is 1.93. The standard InChI is InChI=1S/C6H7NO2.C3H8O3/c1-7-3-2-5(8)6(9)4-7;4-1-3(6)2-5/h2-4,9H,1H3;3-6H,1-2H2. The van der Waals surface area contributed by atoms with Crippen molar-refractivity contribution in [2.75, 3.05) is 13.2 Å². The highest BCUT2D eigenvalue weighted by molar-refractivity contribution is 5.14. The summed E-state index contributed by atoms with van der Waals surface area (Å²) in [5.74, 6) is -0.208. The Kier molecular flexibility index (Phi) is 6.35. The Morgan fingerprint density at radius 2 is 1.93 bits per heavy atom. The maximum atomic E-state index is 10.5. The molecule has 0 aliphatic heterocycles. The number of aromatic nitrogens is 1. The lowest BCUT2D eigenvalue weighted by Crippen LogP contribution is -2.15. The zero-order valence-electron chi connectivity index (χ0n) is 8.37. The van der Waals surface area contributed by atoms with Gasteiger partial charge in [-0.25, -0.2) is 0 Å². The molecule has 0 saturated heterocycles. The summed E-state index contributed by atoms with van der Waals surface area (Å²) in [6, 6.07) is 1.31. The first kappa shape index (κ1) is 13.6. The molecule has 0 atom stereocenters. The molecule has 0 aliphatic rings. The maximum absolute atomic E-state index is 10.5. The van der Waals surface area contributed by atoms with Gasteiger partial charge in [0.05, 0.1) is 13.2 Å². The van der Waals surface area contributed by atoms with Crippen LogP contribution >= 0.6 is 0 Å². The van der Waals surface area contributed by atoms with Crippen molar-refractivity contribution in [2.24, 2.45) is 7.05 Å². The van der Waals surface area contributed by atoms with Crippen LogP contribution in [0, 0.1) is 0 Å². The Balaban J connectivity index is 0.000000288. The number of aliphatic hydroxyl groups excluding tert-OH is 3. The van der Waals surface area contributed by atoms with Crippen LogP contribution in [-0.4, -0.2) is 44.3 Å². The van der Waals surface area contributed by atoms with Crippen molar-refractivity contribution in [3.05, 3.63) is 28.7 Å². The molecule has 1 rings (SSSR count). The summed E-state index contributed by atoms with van der Waals surface area (Å²) < 4.78 is 1.61. The summed E-state index contributed by atoms with van der Waals surface area (Å²) in [6.07, 6.45) is 2.00. The molecule has 4 N–H and O–H groups in total. The molecule has 0 fully saturated rings. The summed E-state index contributed by atoms with van der Waals surface area (Å²) in [5, 5.41) is 32.8. The first-order valence-electron chi connectivity index (χ1n) is 4.26. The molecule has 0 saturated carbocycles. The van der Waals surface area contributed by atoms with E-state index >= 15 is 0 Å². The zero-order valence-corrected chi connectivity index (χ0v) is 8.37. The third-order valence-corrected chi connectivity index (χ3v) is 1.46. The number of aliphatic hydroxyl groups is 3. The fourth-order valence-corrected chi connectivity index (χ4v) is 0.628. The normalized spacial score (nSPS) is 9.67. The summed E-state index contributed by atoms with van der Waals surface area (Å²) in [5.41, 5.74) is -0.340. The van der Waals surface area contributed by atoms with Crippen molar-refractivity contribution >= 4 is 0 Å². The number of hydrogen-bond donors (Lipinski definition) is 4. The molecule has 6 heteroatoms. The fourth-order valence-electron chi connectivity index (χ4n) is 0.628. The Labute approximate surface area is 86.7 Å². The van der Waals surface area contributed by atoms with Gasteiger partial charge in [-0.1, -0.05) is 0 Å². The smallest absolute Gasteiger partial charge is 0.223 e. The van der Waals surface area contributed by atoms with E-state index in [2.05, 4.69) is 0 Å². The Morgan fingerprint density at radius 1 is 1.40 bits per heavy atom. The van der Waals surface area contributed by atoms with Crippen molar-refractivity contribution in [3.63, 3.8) is 0 Å². The zero-order chi connectivity index (χ0) is 11.8. The van der Waals surface area contributed by atoms with Gasteiger partial charge in [0.15, 0.2) is 5.75 Å². The van der Waals surface area contributed by atoms with Gasteiger partial charge >= 0.3 is 0 Å². The largest absolute Gasteiger partial charge is 0.503 e. The molecule has 0 radical (unpaired) electrons. The average Bonchev–Trinajstić information content (AvgIpc) is 2.23.